The molecule has 2 heterocycles. The summed E-state index contributed by atoms with van der Waals surface area (Å²) in [6.45, 7) is 2.23. The van der Waals surface area contributed by atoms with Gasteiger partial charge in [-0.25, -0.2) is 0 Å². The minimum absolute atomic E-state index is 0.353. The first-order chi connectivity index (χ1) is 16.8. The molecular weight excluding hydrogens is 412 g/mol. The summed E-state index contributed by atoms with van der Waals surface area (Å²) in [6.07, 6.45) is 9.23. The molecule has 0 amide bonds. The topological polar surface area (TPSA) is 20.7 Å². The second kappa shape index (κ2) is 7.50. The Hall–Kier alpha value is -4.04. The molecule has 2 nitrogen and oxygen atoms in total. The highest BCUT2D eigenvalue weighted by Crippen LogP contribution is 2.38. The predicted octanol–water partition coefficient (Wildman–Crippen LogP) is 8.93. The van der Waals surface area contributed by atoms with Crippen LogP contribution in [0, 0.1) is 0 Å². The maximum absolute atomic E-state index is 3.54. The van der Waals surface area contributed by atoms with E-state index in [1.54, 1.807) is 0 Å². The molecule has 7 rings (SSSR count). The summed E-state index contributed by atoms with van der Waals surface area (Å²) in [4.78, 5) is 3.54. The highest BCUT2D eigenvalue weighted by molar-refractivity contribution is 6.11. The van der Waals surface area contributed by atoms with Gasteiger partial charge >= 0.3 is 0 Å². The average molecular weight is 439 g/mol. The quantitative estimate of drug-likeness (QED) is 0.285. The number of aromatic amines is 1. The summed E-state index contributed by atoms with van der Waals surface area (Å²) in [5.74, 6) is 0. The minimum atomic E-state index is 0.353. The van der Waals surface area contributed by atoms with Crippen LogP contribution in [0.2, 0.25) is 0 Å². The molecular formula is C32H26N2. The number of para-hydroxylation sites is 2. The summed E-state index contributed by atoms with van der Waals surface area (Å²) >= 11 is 0. The Bertz CT molecular complexity index is 1770. The first kappa shape index (κ1) is 19.4. The first-order valence-corrected chi connectivity index (χ1v) is 12.2. The van der Waals surface area contributed by atoms with Crippen LogP contribution >= 0.6 is 0 Å². The van der Waals surface area contributed by atoms with Gasteiger partial charge in [0.1, 0.15) is 0 Å². The number of nitrogens with one attached hydrogen (secondary N) is 1. The maximum atomic E-state index is 3.54. The standard InChI is InChI=1S/C32H26N2/c1-2-21-11-15-24(16-12-21)34-31-10-6-4-8-26(31)28-20-23(14-18-32(28)34)22-13-17-30-27(19-22)25-7-3-5-9-29(25)33-30/h3-15,17-20,24,33H,2,16H2,1H3. The second-order valence-electron chi connectivity index (χ2n) is 9.34. The van der Waals surface area contributed by atoms with Crippen molar-refractivity contribution in [3.05, 3.63) is 109 Å². The first-order valence-electron chi connectivity index (χ1n) is 12.2. The number of nitrogens with zero attached hydrogens (tertiary/aromatic N) is 1. The molecule has 0 radical (unpaired) electrons. The molecule has 0 saturated heterocycles. The molecule has 164 valence electrons. The van der Waals surface area contributed by atoms with Gasteiger partial charge in [-0.05, 0) is 60.4 Å². The van der Waals surface area contributed by atoms with Crippen molar-refractivity contribution in [2.24, 2.45) is 0 Å². The third-order valence-electron chi connectivity index (χ3n) is 7.44. The van der Waals surface area contributed by atoms with Crippen LogP contribution in [0.15, 0.2) is 109 Å². The number of hydrogen-bond donors (Lipinski definition) is 1. The Morgan fingerprint density at radius 2 is 1.44 bits per heavy atom. The average Bonchev–Trinajstić information content (AvgIpc) is 3.43. The molecule has 6 aromatic rings. The molecule has 2 heteroatoms. The van der Waals surface area contributed by atoms with Crippen LogP contribution in [0.5, 0.6) is 0 Å². The summed E-state index contributed by atoms with van der Waals surface area (Å²) < 4.78 is 2.52. The lowest BCUT2D eigenvalue weighted by Gasteiger charge is -2.20. The summed E-state index contributed by atoms with van der Waals surface area (Å²) in [6, 6.07) is 31.5. The van der Waals surface area contributed by atoms with Gasteiger partial charge in [-0.3, -0.25) is 0 Å². The van der Waals surface area contributed by atoms with E-state index < -0.39 is 0 Å². The van der Waals surface area contributed by atoms with Crippen LogP contribution in [0.3, 0.4) is 0 Å². The van der Waals surface area contributed by atoms with E-state index in [9.17, 15) is 0 Å². The third kappa shape index (κ3) is 2.88. The van der Waals surface area contributed by atoms with Crippen LogP contribution in [0.1, 0.15) is 25.8 Å². The van der Waals surface area contributed by atoms with Crippen LogP contribution in [0.25, 0.3) is 54.7 Å². The second-order valence-corrected chi connectivity index (χ2v) is 9.34. The molecule has 1 aliphatic rings. The predicted molar refractivity (Wildman–Crippen MR) is 145 cm³/mol. The van der Waals surface area contributed by atoms with Crippen molar-refractivity contribution in [3.63, 3.8) is 0 Å². The van der Waals surface area contributed by atoms with E-state index in [1.165, 1.54) is 60.3 Å². The number of H-pyrrole nitrogens is 1. The summed E-state index contributed by atoms with van der Waals surface area (Å²) in [7, 11) is 0. The van der Waals surface area contributed by atoms with Crippen molar-refractivity contribution in [3.8, 4) is 11.1 Å². The zero-order chi connectivity index (χ0) is 22.6. The van der Waals surface area contributed by atoms with Gasteiger partial charge in [0.05, 0.1) is 6.04 Å². The highest BCUT2D eigenvalue weighted by Gasteiger charge is 2.18. The Balaban J connectivity index is 1.41. The van der Waals surface area contributed by atoms with Crippen LogP contribution < -0.4 is 0 Å². The van der Waals surface area contributed by atoms with Crippen molar-refractivity contribution < 1.29 is 0 Å². The monoisotopic (exact) mass is 438 g/mol. The summed E-state index contributed by atoms with van der Waals surface area (Å²) in [5.41, 5.74) is 8.94. The molecule has 0 fully saturated rings. The van der Waals surface area contributed by atoms with Gasteiger partial charge in [-0.2, -0.15) is 0 Å². The van der Waals surface area contributed by atoms with Crippen molar-refractivity contribution in [2.45, 2.75) is 25.8 Å². The maximum Gasteiger partial charge on any atom is 0.0560 e. The summed E-state index contributed by atoms with van der Waals surface area (Å²) in [5, 5.41) is 5.21. The molecule has 0 spiro atoms. The van der Waals surface area contributed by atoms with Crippen molar-refractivity contribution in [2.75, 3.05) is 0 Å². The fourth-order valence-electron chi connectivity index (χ4n) is 5.67. The van der Waals surface area contributed by atoms with Crippen LogP contribution in [0.4, 0.5) is 0 Å². The highest BCUT2D eigenvalue weighted by atomic mass is 15.0. The molecule has 0 aliphatic heterocycles. The van der Waals surface area contributed by atoms with E-state index in [0.717, 1.165) is 12.8 Å². The SMILES string of the molecule is CCC1=CCC(n2c3ccccc3c3cc(-c4ccc5[nH]c6ccccc6c5c4)ccc32)C=C1. The van der Waals surface area contributed by atoms with Crippen molar-refractivity contribution in [1.82, 2.24) is 9.55 Å². The lowest BCUT2D eigenvalue weighted by atomic mass is 10.00. The van der Waals surface area contributed by atoms with E-state index in [-0.39, 0.29) is 0 Å². The minimum Gasteiger partial charge on any atom is -0.355 e. The number of benzene rings is 4. The molecule has 1 N–H and O–H groups in total. The van der Waals surface area contributed by atoms with E-state index in [2.05, 4.69) is 120 Å². The number of rotatable bonds is 3. The van der Waals surface area contributed by atoms with E-state index in [0.29, 0.717) is 6.04 Å². The largest absolute Gasteiger partial charge is 0.355 e. The molecule has 0 saturated carbocycles. The Morgan fingerprint density at radius 1 is 0.735 bits per heavy atom. The molecule has 1 atom stereocenters. The molecule has 34 heavy (non-hydrogen) atoms. The van der Waals surface area contributed by atoms with E-state index in [4.69, 9.17) is 0 Å². The van der Waals surface area contributed by atoms with Crippen molar-refractivity contribution in [1.29, 1.82) is 0 Å². The van der Waals surface area contributed by atoms with E-state index in [1.807, 2.05) is 0 Å². The smallest absolute Gasteiger partial charge is 0.0560 e. The molecule has 1 aliphatic carbocycles. The number of hydrogen-bond acceptors (Lipinski definition) is 0. The molecule has 4 aromatic carbocycles. The van der Waals surface area contributed by atoms with Gasteiger partial charge in [-0.15, -0.1) is 0 Å². The zero-order valence-corrected chi connectivity index (χ0v) is 19.3. The number of fused-ring (bicyclic) bond motifs is 6. The molecule has 2 aromatic heterocycles. The Labute approximate surface area is 198 Å². The van der Waals surface area contributed by atoms with Crippen molar-refractivity contribution >= 4 is 43.6 Å². The molecule has 1 unspecified atom stereocenters. The Morgan fingerprint density at radius 3 is 2.26 bits per heavy atom. The van der Waals surface area contributed by atoms with Gasteiger partial charge in [0, 0.05) is 43.6 Å². The fraction of sp³-hybridized carbons (Fsp3) is 0.125. The van der Waals surface area contributed by atoms with E-state index >= 15 is 0 Å². The third-order valence-corrected chi connectivity index (χ3v) is 7.44. The molecule has 0 bridgehead atoms. The van der Waals surface area contributed by atoms with Gasteiger partial charge < -0.3 is 9.55 Å². The fourth-order valence-corrected chi connectivity index (χ4v) is 5.67. The zero-order valence-electron chi connectivity index (χ0n) is 19.3. The van der Waals surface area contributed by atoms with Gasteiger partial charge in [0.25, 0.3) is 0 Å². The van der Waals surface area contributed by atoms with Crippen LogP contribution in [-0.4, -0.2) is 9.55 Å². The Kier molecular flexibility index (Phi) is 4.28. The lowest BCUT2D eigenvalue weighted by Crippen LogP contribution is -2.07. The van der Waals surface area contributed by atoms with Gasteiger partial charge in [0.15, 0.2) is 0 Å². The number of allylic oxidation sites excluding steroid dienone is 4. The van der Waals surface area contributed by atoms with Gasteiger partial charge in [0.2, 0.25) is 0 Å². The lowest BCUT2D eigenvalue weighted by molar-refractivity contribution is 0.642. The number of aromatic nitrogens is 2. The normalized spacial score (nSPS) is 16.1. The van der Waals surface area contributed by atoms with Gasteiger partial charge in [-0.1, -0.05) is 79.3 Å². The van der Waals surface area contributed by atoms with Crippen LogP contribution in [-0.2, 0) is 0 Å².